The third-order valence-corrected chi connectivity index (χ3v) is 3.49. The van der Waals surface area contributed by atoms with Gasteiger partial charge in [0.25, 0.3) is 0 Å². The number of aryl methyl sites for hydroxylation is 1. The van der Waals surface area contributed by atoms with Crippen molar-refractivity contribution in [3.63, 3.8) is 0 Å². The zero-order valence-electron chi connectivity index (χ0n) is 11.6. The number of halogens is 1. The van der Waals surface area contributed by atoms with Crippen molar-refractivity contribution in [1.82, 2.24) is 0 Å². The van der Waals surface area contributed by atoms with E-state index in [0.29, 0.717) is 12.3 Å². The van der Waals surface area contributed by atoms with Crippen LogP contribution in [0, 0.1) is 5.82 Å². The first kappa shape index (κ1) is 13.6. The number of para-hydroxylation sites is 1. The fourth-order valence-corrected chi connectivity index (χ4v) is 2.47. The topological polar surface area (TPSA) is 38.3 Å². The average Bonchev–Trinajstić information content (AvgIpc) is 2.50. The van der Waals surface area contributed by atoms with Crippen molar-refractivity contribution in [2.45, 2.75) is 19.3 Å². The lowest BCUT2D eigenvalue weighted by Gasteiger charge is -2.20. The number of amides is 1. The highest BCUT2D eigenvalue weighted by Gasteiger charge is 2.15. The van der Waals surface area contributed by atoms with E-state index < -0.39 is 0 Å². The Kier molecular flexibility index (Phi) is 3.86. The number of hydrogen-bond acceptors (Lipinski definition) is 2. The number of carbonyl (C=O) groups is 1. The molecule has 21 heavy (non-hydrogen) atoms. The molecule has 3 rings (SSSR count). The Morgan fingerprint density at radius 1 is 1.19 bits per heavy atom. The van der Waals surface area contributed by atoms with Gasteiger partial charge in [0.15, 0.2) is 0 Å². The third-order valence-electron chi connectivity index (χ3n) is 3.49. The van der Waals surface area contributed by atoms with Crippen LogP contribution < -0.4 is 10.1 Å². The summed E-state index contributed by atoms with van der Waals surface area (Å²) in [6.45, 7) is 0.678. The number of hydrogen-bond donors (Lipinski definition) is 1. The minimum atomic E-state index is -0.301. The van der Waals surface area contributed by atoms with Gasteiger partial charge in [-0.15, -0.1) is 0 Å². The molecular formula is C17H16FNO2. The van der Waals surface area contributed by atoms with E-state index in [0.717, 1.165) is 29.7 Å². The summed E-state index contributed by atoms with van der Waals surface area (Å²) in [6.07, 6.45) is 2.18. The smallest absolute Gasteiger partial charge is 0.228 e. The lowest BCUT2D eigenvalue weighted by Crippen LogP contribution is -2.17. The van der Waals surface area contributed by atoms with E-state index in [4.69, 9.17) is 4.74 Å². The molecular weight excluding hydrogens is 269 g/mol. The van der Waals surface area contributed by atoms with Gasteiger partial charge in [-0.1, -0.05) is 24.3 Å². The number of nitrogens with one attached hydrogen (secondary N) is 1. The van der Waals surface area contributed by atoms with Crippen LogP contribution in [-0.4, -0.2) is 12.5 Å². The predicted octanol–water partition coefficient (Wildman–Crippen LogP) is 3.33. The van der Waals surface area contributed by atoms with Gasteiger partial charge in [0.05, 0.1) is 18.7 Å². The second-order valence-corrected chi connectivity index (χ2v) is 5.10. The van der Waals surface area contributed by atoms with Gasteiger partial charge in [0.2, 0.25) is 5.91 Å². The van der Waals surface area contributed by atoms with Crippen molar-refractivity contribution in [3.8, 4) is 5.75 Å². The Bertz CT molecular complexity index is 652. The van der Waals surface area contributed by atoms with Crippen LogP contribution in [-0.2, 0) is 17.6 Å². The van der Waals surface area contributed by atoms with E-state index in [1.54, 1.807) is 12.1 Å². The average molecular weight is 285 g/mol. The van der Waals surface area contributed by atoms with Gasteiger partial charge in [-0.2, -0.15) is 0 Å². The van der Waals surface area contributed by atoms with Crippen LogP contribution in [0.3, 0.4) is 0 Å². The van der Waals surface area contributed by atoms with E-state index in [1.807, 2.05) is 18.2 Å². The van der Waals surface area contributed by atoms with Crippen molar-refractivity contribution < 1.29 is 13.9 Å². The maximum absolute atomic E-state index is 12.8. The normalized spacial score (nSPS) is 13.2. The van der Waals surface area contributed by atoms with Crippen LogP contribution in [0.4, 0.5) is 10.1 Å². The molecule has 1 N–H and O–H groups in total. The lowest BCUT2D eigenvalue weighted by atomic mass is 10.1. The number of fused-ring (bicyclic) bond motifs is 1. The fraction of sp³-hybridized carbons (Fsp3) is 0.235. The summed E-state index contributed by atoms with van der Waals surface area (Å²) in [5, 5.41) is 2.88. The molecule has 1 heterocycles. The standard InChI is InChI=1S/C17H16FNO2/c18-14-8-6-12(7-9-14)11-16(20)19-15-5-1-3-13-4-2-10-21-17(13)15/h1,3,5-9H,2,4,10-11H2,(H,19,20). The number of anilines is 1. The van der Waals surface area contributed by atoms with Gasteiger partial charge in [-0.05, 0) is 42.2 Å². The van der Waals surface area contributed by atoms with Crippen LogP contribution in [0.15, 0.2) is 42.5 Å². The Hall–Kier alpha value is -2.36. The largest absolute Gasteiger partial charge is 0.491 e. The van der Waals surface area contributed by atoms with Crippen LogP contribution in [0.1, 0.15) is 17.5 Å². The molecule has 0 bridgehead atoms. The molecule has 0 saturated heterocycles. The molecule has 4 heteroatoms. The Balaban J connectivity index is 1.71. The van der Waals surface area contributed by atoms with E-state index in [1.165, 1.54) is 12.1 Å². The molecule has 108 valence electrons. The van der Waals surface area contributed by atoms with Crippen LogP contribution in [0.2, 0.25) is 0 Å². The first-order valence-corrected chi connectivity index (χ1v) is 7.01. The number of ether oxygens (including phenoxy) is 1. The molecule has 0 atom stereocenters. The number of benzene rings is 2. The summed E-state index contributed by atoms with van der Waals surface area (Å²) in [6, 6.07) is 11.7. The van der Waals surface area contributed by atoms with Crippen molar-refractivity contribution in [3.05, 3.63) is 59.4 Å². The molecule has 1 aliphatic heterocycles. The molecule has 0 spiro atoms. The van der Waals surface area contributed by atoms with Gasteiger partial charge in [0.1, 0.15) is 11.6 Å². The van der Waals surface area contributed by atoms with Crippen molar-refractivity contribution in [2.75, 3.05) is 11.9 Å². The highest BCUT2D eigenvalue weighted by Crippen LogP contribution is 2.32. The molecule has 0 fully saturated rings. The molecule has 0 unspecified atom stereocenters. The van der Waals surface area contributed by atoms with Gasteiger partial charge < -0.3 is 10.1 Å². The first-order valence-electron chi connectivity index (χ1n) is 7.01. The predicted molar refractivity (Wildman–Crippen MR) is 79.0 cm³/mol. The molecule has 1 aliphatic rings. The summed E-state index contributed by atoms with van der Waals surface area (Å²) >= 11 is 0. The number of rotatable bonds is 3. The summed E-state index contributed by atoms with van der Waals surface area (Å²) < 4.78 is 18.5. The van der Waals surface area contributed by atoms with Crippen molar-refractivity contribution in [1.29, 1.82) is 0 Å². The minimum absolute atomic E-state index is 0.135. The highest BCUT2D eigenvalue weighted by molar-refractivity contribution is 5.94. The van der Waals surface area contributed by atoms with Crippen LogP contribution in [0.5, 0.6) is 5.75 Å². The summed E-state index contributed by atoms with van der Waals surface area (Å²) in [7, 11) is 0. The Labute approximate surface area is 122 Å². The van der Waals surface area contributed by atoms with Crippen molar-refractivity contribution in [2.24, 2.45) is 0 Å². The Morgan fingerprint density at radius 2 is 2.00 bits per heavy atom. The van der Waals surface area contributed by atoms with E-state index in [-0.39, 0.29) is 18.1 Å². The zero-order chi connectivity index (χ0) is 14.7. The van der Waals surface area contributed by atoms with Gasteiger partial charge in [-0.25, -0.2) is 4.39 Å². The van der Waals surface area contributed by atoms with Gasteiger partial charge in [-0.3, -0.25) is 4.79 Å². The molecule has 0 aromatic heterocycles. The molecule has 0 radical (unpaired) electrons. The molecule has 2 aromatic rings. The summed E-state index contributed by atoms with van der Waals surface area (Å²) in [5.74, 6) is 0.338. The molecule has 0 saturated carbocycles. The quantitative estimate of drug-likeness (QED) is 0.939. The van der Waals surface area contributed by atoms with E-state index in [9.17, 15) is 9.18 Å². The zero-order valence-corrected chi connectivity index (χ0v) is 11.6. The maximum Gasteiger partial charge on any atom is 0.228 e. The van der Waals surface area contributed by atoms with Crippen molar-refractivity contribution >= 4 is 11.6 Å². The molecule has 0 aliphatic carbocycles. The lowest BCUT2D eigenvalue weighted by molar-refractivity contribution is -0.115. The monoisotopic (exact) mass is 285 g/mol. The summed E-state index contributed by atoms with van der Waals surface area (Å²) in [5.41, 5.74) is 2.61. The summed E-state index contributed by atoms with van der Waals surface area (Å²) in [4.78, 5) is 12.1. The SMILES string of the molecule is O=C(Cc1ccc(F)cc1)Nc1cccc2c1OCCC2. The Morgan fingerprint density at radius 3 is 2.81 bits per heavy atom. The molecule has 3 nitrogen and oxygen atoms in total. The maximum atomic E-state index is 12.8. The fourth-order valence-electron chi connectivity index (χ4n) is 2.47. The first-order chi connectivity index (χ1) is 10.2. The third kappa shape index (κ3) is 3.21. The highest BCUT2D eigenvalue weighted by atomic mass is 19.1. The minimum Gasteiger partial charge on any atom is -0.491 e. The van der Waals surface area contributed by atoms with E-state index in [2.05, 4.69) is 5.32 Å². The van der Waals surface area contributed by atoms with Crippen LogP contribution >= 0.6 is 0 Å². The second-order valence-electron chi connectivity index (χ2n) is 5.10. The van der Waals surface area contributed by atoms with Crippen LogP contribution in [0.25, 0.3) is 0 Å². The van der Waals surface area contributed by atoms with E-state index >= 15 is 0 Å². The van der Waals surface area contributed by atoms with Gasteiger partial charge in [0, 0.05) is 0 Å². The molecule has 2 aromatic carbocycles. The number of carbonyl (C=O) groups excluding carboxylic acids is 1. The molecule has 1 amide bonds. The van der Waals surface area contributed by atoms with Gasteiger partial charge >= 0.3 is 0 Å². The second kappa shape index (κ2) is 5.95.